The highest BCUT2D eigenvalue weighted by atomic mass is 16.4. The van der Waals surface area contributed by atoms with Gasteiger partial charge >= 0.3 is 5.97 Å². The Kier molecular flexibility index (Phi) is 1.98. The van der Waals surface area contributed by atoms with Crippen molar-refractivity contribution in [3.05, 3.63) is 35.5 Å². The van der Waals surface area contributed by atoms with Crippen LogP contribution in [0.5, 0.6) is 0 Å². The van der Waals surface area contributed by atoms with Crippen LogP contribution in [0.25, 0.3) is 10.9 Å². The van der Waals surface area contributed by atoms with E-state index in [0.717, 1.165) is 10.9 Å². The third kappa shape index (κ3) is 1.36. The average molecular weight is 191 g/mol. The summed E-state index contributed by atoms with van der Waals surface area (Å²) in [6.07, 6.45) is 0. The van der Waals surface area contributed by atoms with Gasteiger partial charge in [-0.3, -0.25) is 0 Å². The molecule has 0 aliphatic heterocycles. The Morgan fingerprint density at radius 2 is 2.14 bits per heavy atom. The van der Waals surface area contributed by atoms with Crippen molar-refractivity contribution in [1.82, 2.24) is 4.98 Å². The zero-order valence-corrected chi connectivity index (χ0v) is 7.32. The SMILES string of the molecule is O=C(O)c1ccc2[nH]c(CO)cc2c1. The Labute approximate surface area is 79.8 Å². The summed E-state index contributed by atoms with van der Waals surface area (Å²) in [6, 6.07) is 6.54. The Balaban J connectivity index is 2.59. The fourth-order valence-corrected chi connectivity index (χ4v) is 1.41. The van der Waals surface area contributed by atoms with Crippen LogP contribution in [0.1, 0.15) is 16.1 Å². The summed E-state index contributed by atoms with van der Waals surface area (Å²) in [5.41, 5.74) is 1.77. The van der Waals surface area contributed by atoms with Crippen molar-refractivity contribution >= 4 is 16.9 Å². The second kappa shape index (κ2) is 3.16. The molecule has 1 heterocycles. The Bertz CT molecular complexity index is 487. The highest BCUT2D eigenvalue weighted by Crippen LogP contribution is 2.17. The van der Waals surface area contributed by atoms with E-state index in [1.807, 2.05) is 0 Å². The van der Waals surface area contributed by atoms with Crippen LogP contribution in [0, 0.1) is 0 Å². The van der Waals surface area contributed by atoms with Gasteiger partial charge in [0, 0.05) is 16.6 Å². The van der Waals surface area contributed by atoms with Crippen molar-refractivity contribution in [3.63, 3.8) is 0 Å². The van der Waals surface area contributed by atoms with Gasteiger partial charge in [0.1, 0.15) is 0 Å². The summed E-state index contributed by atoms with van der Waals surface area (Å²) < 4.78 is 0. The van der Waals surface area contributed by atoms with Crippen LogP contribution in [0.15, 0.2) is 24.3 Å². The van der Waals surface area contributed by atoms with Crippen LogP contribution in [-0.4, -0.2) is 21.2 Å². The molecule has 0 aliphatic carbocycles. The Hall–Kier alpha value is -1.81. The van der Waals surface area contributed by atoms with Gasteiger partial charge in [-0.2, -0.15) is 0 Å². The summed E-state index contributed by atoms with van der Waals surface area (Å²) in [7, 11) is 0. The largest absolute Gasteiger partial charge is 0.478 e. The van der Waals surface area contributed by atoms with Gasteiger partial charge in [0.2, 0.25) is 0 Å². The number of hydrogen-bond donors (Lipinski definition) is 3. The molecule has 2 aromatic rings. The monoisotopic (exact) mass is 191 g/mol. The van der Waals surface area contributed by atoms with Gasteiger partial charge < -0.3 is 15.2 Å². The number of nitrogens with one attached hydrogen (secondary N) is 1. The summed E-state index contributed by atoms with van der Waals surface area (Å²) in [5.74, 6) is -0.946. The molecule has 0 spiro atoms. The zero-order valence-electron chi connectivity index (χ0n) is 7.32. The van der Waals surface area contributed by atoms with Crippen LogP contribution in [0.4, 0.5) is 0 Å². The lowest BCUT2D eigenvalue weighted by Crippen LogP contribution is -1.94. The maximum Gasteiger partial charge on any atom is 0.335 e. The number of H-pyrrole nitrogens is 1. The van der Waals surface area contributed by atoms with Gasteiger partial charge in [-0.05, 0) is 24.3 Å². The Morgan fingerprint density at radius 1 is 1.36 bits per heavy atom. The number of fused-ring (bicyclic) bond motifs is 1. The quantitative estimate of drug-likeness (QED) is 0.671. The molecule has 0 saturated carbocycles. The van der Waals surface area contributed by atoms with Crippen molar-refractivity contribution in [2.24, 2.45) is 0 Å². The molecule has 72 valence electrons. The second-order valence-electron chi connectivity index (χ2n) is 3.06. The molecular weight excluding hydrogens is 182 g/mol. The molecule has 1 aromatic carbocycles. The number of aliphatic hydroxyl groups is 1. The van der Waals surface area contributed by atoms with E-state index >= 15 is 0 Å². The van der Waals surface area contributed by atoms with Gasteiger partial charge in [0.15, 0.2) is 0 Å². The van der Waals surface area contributed by atoms with E-state index in [0.29, 0.717) is 5.69 Å². The van der Waals surface area contributed by atoms with Crippen LogP contribution in [0.3, 0.4) is 0 Å². The number of carbonyl (C=O) groups is 1. The van der Waals surface area contributed by atoms with Crippen molar-refractivity contribution in [1.29, 1.82) is 0 Å². The van der Waals surface area contributed by atoms with Crippen molar-refractivity contribution < 1.29 is 15.0 Å². The predicted molar refractivity (Wildman–Crippen MR) is 51.2 cm³/mol. The summed E-state index contributed by atoms with van der Waals surface area (Å²) in [6.45, 7) is -0.0723. The maximum absolute atomic E-state index is 10.7. The third-order valence-electron chi connectivity index (χ3n) is 2.09. The van der Waals surface area contributed by atoms with Crippen LogP contribution in [0.2, 0.25) is 0 Å². The zero-order chi connectivity index (χ0) is 10.1. The minimum atomic E-state index is -0.946. The summed E-state index contributed by atoms with van der Waals surface area (Å²) >= 11 is 0. The van der Waals surface area contributed by atoms with E-state index in [4.69, 9.17) is 10.2 Å². The smallest absolute Gasteiger partial charge is 0.335 e. The van der Waals surface area contributed by atoms with Gasteiger partial charge in [-0.15, -0.1) is 0 Å². The highest BCUT2D eigenvalue weighted by Gasteiger charge is 2.05. The molecule has 0 atom stereocenters. The van der Waals surface area contributed by atoms with E-state index in [9.17, 15) is 4.79 Å². The number of aromatic carboxylic acids is 1. The summed E-state index contributed by atoms with van der Waals surface area (Å²) in [5, 5.41) is 18.4. The standard InChI is InChI=1S/C10H9NO3/c12-5-8-4-7-3-6(10(13)14)1-2-9(7)11-8/h1-4,11-12H,5H2,(H,13,14). The first-order valence-electron chi connectivity index (χ1n) is 4.16. The van der Waals surface area contributed by atoms with Gasteiger partial charge in [0.05, 0.1) is 12.2 Å². The van der Waals surface area contributed by atoms with Gasteiger partial charge in [-0.25, -0.2) is 4.79 Å². The van der Waals surface area contributed by atoms with Crippen LogP contribution >= 0.6 is 0 Å². The average Bonchev–Trinajstić information content (AvgIpc) is 2.58. The topological polar surface area (TPSA) is 73.3 Å². The number of carboxylic acids is 1. The lowest BCUT2D eigenvalue weighted by atomic mass is 10.1. The molecule has 3 N–H and O–H groups in total. The molecule has 1 aromatic heterocycles. The van der Waals surface area contributed by atoms with E-state index < -0.39 is 5.97 Å². The number of aromatic amines is 1. The number of hydrogen-bond acceptors (Lipinski definition) is 2. The first-order chi connectivity index (χ1) is 6.70. The molecule has 0 bridgehead atoms. The first-order valence-corrected chi connectivity index (χ1v) is 4.16. The first kappa shape index (κ1) is 8.77. The predicted octanol–water partition coefficient (Wildman–Crippen LogP) is 1.36. The minimum Gasteiger partial charge on any atom is -0.478 e. The Morgan fingerprint density at radius 3 is 2.79 bits per heavy atom. The lowest BCUT2D eigenvalue weighted by molar-refractivity contribution is 0.0697. The summed E-state index contributed by atoms with van der Waals surface area (Å²) in [4.78, 5) is 13.6. The number of benzene rings is 1. The molecular formula is C10H9NO3. The van der Waals surface area contributed by atoms with E-state index in [2.05, 4.69) is 4.98 Å². The molecule has 0 aliphatic rings. The third-order valence-corrected chi connectivity index (χ3v) is 2.09. The number of rotatable bonds is 2. The molecule has 4 heteroatoms. The second-order valence-corrected chi connectivity index (χ2v) is 3.06. The van der Waals surface area contributed by atoms with Gasteiger partial charge in [-0.1, -0.05) is 0 Å². The van der Waals surface area contributed by atoms with Crippen LogP contribution < -0.4 is 0 Å². The number of aliphatic hydroxyl groups excluding tert-OH is 1. The molecule has 2 rings (SSSR count). The maximum atomic E-state index is 10.7. The fraction of sp³-hybridized carbons (Fsp3) is 0.100. The molecule has 0 saturated heterocycles. The number of aromatic nitrogens is 1. The van der Waals surface area contributed by atoms with Crippen molar-refractivity contribution in [3.8, 4) is 0 Å². The molecule has 14 heavy (non-hydrogen) atoms. The lowest BCUT2D eigenvalue weighted by Gasteiger charge is -1.93. The molecule has 0 radical (unpaired) electrons. The number of carboxylic acid groups (broad SMARTS) is 1. The molecule has 0 amide bonds. The highest BCUT2D eigenvalue weighted by molar-refractivity contribution is 5.93. The normalized spacial score (nSPS) is 10.6. The molecule has 0 unspecified atom stereocenters. The van der Waals surface area contributed by atoms with Crippen LogP contribution in [-0.2, 0) is 6.61 Å². The van der Waals surface area contributed by atoms with E-state index in [1.165, 1.54) is 6.07 Å². The van der Waals surface area contributed by atoms with E-state index in [1.54, 1.807) is 18.2 Å². The van der Waals surface area contributed by atoms with Gasteiger partial charge in [0.25, 0.3) is 0 Å². The van der Waals surface area contributed by atoms with E-state index in [-0.39, 0.29) is 12.2 Å². The fourth-order valence-electron chi connectivity index (χ4n) is 1.41. The van der Waals surface area contributed by atoms with Crippen molar-refractivity contribution in [2.75, 3.05) is 0 Å². The van der Waals surface area contributed by atoms with Crippen molar-refractivity contribution in [2.45, 2.75) is 6.61 Å². The minimum absolute atomic E-state index is 0.0723. The molecule has 0 fully saturated rings. The molecule has 4 nitrogen and oxygen atoms in total.